The molecular weight excluding hydrogens is 433 g/mol. The molecular formula is C28H30FNO4. The van der Waals surface area contributed by atoms with E-state index in [1.54, 1.807) is 12.1 Å². The molecule has 0 saturated carbocycles. The first kappa shape index (κ1) is 24.1. The summed E-state index contributed by atoms with van der Waals surface area (Å²) in [5.74, 6) is -0.298. The fraction of sp³-hybridized carbons (Fsp3) is 0.321. The number of oxime groups is 1. The zero-order valence-electron chi connectivity index (χ0n) is 19.4. The second-order valence-corrected chi connectivity index (χ2v) is 8.74. The van der Waals surface area contributed by atoms with Crippen molar-refractivity contribution in [2.75, 3.05) is 13.7 Å². The van der Waals surface area contributed by atoms with Gasteiger partial charge in [0.05, 0.1) is 24.9 Å². The van der Waals surface area contributed by atoms with E-state index in [2.05, 4.69) is 36.3 Å². The minimum atomic E-state index is -0.475. The Bertz CT molecular complexity index is 1130. The Hall–Kier alpha value is -3.06. The van der Waals surface area contributed by atoms with E-state index in [-0.39, 0.29) is 24.6 Å². The van der Waals surface area contributed by atoms with Crippen LogP contribution in [0.15, 0.2) is 71.9 Å². The first-order chi connectivity index (χ1) is 16.5. The van der Waals surface area contributed by atoms with Gasteiger partial charge in [-0.05, 0) is 59.9 Å². The van der Waals surface area contributed by atoms with E-state index in [0.29, 0.717) is 18.6 Å². The van der Waals surface area contributed by atoms with Crippen LogP contribution in [0.3, 0.4) is 0 Å². The smallest absolute Gasteiger partial charge is 0.123 e. The van der Waals surface area contributed by atoms with E-state index in [1.165, 1.54) is 30.4 Å². The molecule has 1 aliphatic heterocycles. The Balaban J connectivity index is 1.53. The van der Waals surface area contributed by atoms with Crippen molar-refractivity contribution in [2.24, 2.45) is 5.16 Å². The number of nitrogens with zero attached hydrogens (tertiary/aromatic N) is 1. The highest BCUT2D eigenvalue weighted by Gasteiger charge is 2.29. The molecule has 3 atom stereocenters. The highest BCUT2D eigenvalue weighted by Crippen LogP contribution is 2.32. The number of hydrogen-bond acceptors (Lipinski definition) is 5. The molecule has 0 radical (unpaired) electrons. The van der Waals surface area contributed by atoms with Gasteiger partial charge in [0.25, 0.3) is 0 Å². The summed E-state index contributed by atoms with van der Waals surface area (Å²) >= 11 is 0. The van der Waals surface area contributed by atoms with Crippen LogP contribution in [0.4, 0.5) is 4.39 Å². The number of hydrogen-bond donors (Lipinski definition) is 2. The largest absolute Gasteiger partial charge is 0.399 e. The summed E-state index contributed by atoms with van der Waals surface area (Å²) in [4.78, 5) is 5.03. The second kappa shape index (κ2) is 10.9. The quantitative estimate of drug-likeness (QED) is 0.394. The zero-order chi connectivity index (χ0) is 24.1. The van der Waals surface area contributed by atoms with Gasteiger partial charge in [0.2, 0.25) is 0 Å². The average Bonchev–Trinajstić information content (AvgIpc) is 2.85. The number of halogens is 1. The monoisotopic (exact) mass is 463 g/mol. The van der Waals surface area contributed by atoms with E-state index in [4.69, 9.17) is 9.57 Å². The van der Waals surface area contributed by atoms with Gasteiger partial charge >= 0.3 is 0 Å². The van der Waals surface area contributed by atoms with Gasteiger partial charge in [-0.3, -0.25) is 0 Å². The van der Waals surface area contributed by atoms with Gasteiger partial charge in [-0.2, -0.15) is 0 Å². The molecule has 0 bridgehead atoms. The summed E-state index contributed by atoms with van der Waals surface area (Å²) in [5, 5.41) is 23.8. The zero-order valence-corrected chi connectivity index (χ0v) is 19.4. The Morgan fingerprint density at radius 1 is 1.03 bits per heavy atom. The molecule has 5 nitrogen and oxygen atoms in total. The third-order valence-corrected chi connectivity index (χ3v) is 6.25. The summed E-state index contributed by atoms with van der Waals surface area (Å²) in [7, 11) is 1.49. The van der Waals surface area contributed by atoms with Crippen LogP contribution in [0.25, 0.3) is 0 Å². The molecule has 3 aromatic carbocycles. The fourth-order valence-corrected chi connectivity index (χ4v) is 4.38. The van der Waals surface area contributed by atoms with Crippen molar-refractivity contribution in [3.63, 3.8) is 0 Å². The molecule has 178 valence electrons. The lowest BCUT2D eigenvalue weighted by Gasteiger charge is -2.32. The third kappa shape index (κ3) is 5.70. The van der Waals surface area contributed by atoms with Crippen molar-refractivity contribution in [1.29, 1.82) is 0 Å². The van der Waals surface area contributed by atoms with E-state index >= 15 is 0 Å². The van der Waals surface area contributed by atoms with Crippen molar-refractivity contribution < 1.29 is 24.2 Å². The van der Waals surface area contributed by atoms with E-state index in [1.807, 2.05) is 18.2 Å². The van der Waals surface area contributed by atoms with Crippen LogP contribution in [-0.4, -0.2) is 41.8 Å². The average molecular weight is 464 g/mol. The summed E-state index contributed by atoms with van der Waals surface area (Å²) in [6, 6.07) is 20.5. The number of ether oxygens (including phenoxy) is 1. The maximum absolute atomic E-state index is 13.3. The number of rotatable bonds is 7. The minimum absolute atomic E-state index is 0.0923. The third-order valence-electron chi connectivity index (χ3n) is 6.25. The first-order valence-corrected chi connectivity index (χ1v) is 11.5. The molecule has 0 aliphatic carbocycles. The highest BCUT2D eigenvalue weighted by molar-refractivity contribution is 6.12. The molecule has 1 saturated heterocycles. The van der Waals surface area contributed by atoms with E-state index < -0.39 is 6.10 Å². The number of aryl methyl sites for hydroxylation is 1. The normalized spacial score (nSPS) is 20.9. The summed E-state index contributed by atoms with van der Waals surface area (Å²) in [5.41, 5.74) is 6.80. The topological polar surface area (TPSA) is 71.3 Å². The lowest BCUT2D eigenvalue weighted by molar-refractivity contribution is -0.113. The molecule has 34 heavy (non-hydrogen) atoms. The molecule has 1 heterocycles. The molecule has 1 fully saturated rings. The fourth-order valence-electron chi connectivity index (χ4n) is 4.38. The summed E-state index contributed by atoms with van der Waals surface area (Å²) in [6.45, 7) is 1.99. The van der Waals surface area contributed by atoms with Crippen LogP contribution in [0.5, 0.6) is 0 Å². The van der Waals surface area contributed by atoms with Crippen LogP contribution in [0.1, 0.15) is 52.3 Å². The van der Waals surface area contributed by atoms with Crippen molar-refractivity contribution in [3.8, 4) is 0 Å². The molecule has 2 N–H and O–H groups in total. The molecule has 4 rings (SSSR count). The van der Waals surface area contributed by atoms with Gasteiger partial charge in [-0.25, -0.2) is 4.39 Å². The van der Waals surface area contributed by atoms with Gasteiger partial charge in [0, 0.05) is 24.0 Å². The lowest BCUT2D eigenvalue weighted by Crippen LogP contribution is -2.33. The Labute approximate surface area is 199 Å². The first-order valence-electron chi connectivity index (χ1n) is 11.5. The van der Waals surface area contributed by atoms with Crippen molar-refractivity contribution in [2.45, 2.75) is 44.5 Å². The standard InChI is InChI=1S/C28H30FNO4/c1-18-3-6-22(27-16-25(32)15-26(17-31)34-27)14-23(18)13-19-4-7-20(8-5-19)28(30-33-2)21-9-11-24(29)12-10-21/h3-12,14,25-27,31-32H,13,15-17H2,1-2H3/b30-28-. The van der Waals surface area contributed by atoms with Crippen LogP contribution < -0.4 is 0 Å². The maximum atomic E-state index is 13.3. The van der Waals surface area contributed by atoms with Crippen LogP contribution in [-0.2, 0) is 16.0 Å². The molecule has 1 aliphatic rings. The molecule has 3 aromatic rings. The second-order valence-electron chi connectivity index (χ2n) is 8.74. The summed E-state index contributed by atoms with van der Waals surface area (Å²) < 4.78 is 19.3. The van der Waals surface area contributed by atoms with Gasteiger partial charge in [-0.1, -0.05) is 47.6 Å². The van der Waals surface area contributed by atoms with Crippen LogP contribution >= 0.6 is 0 Å². The van der Waals surface area contributed by atoms with Crippen molar-refractivity contribution >= 4 is 5.71 Å². The molecule has 0 amide bonds. The van der Waals surface area contributed by atoms with Crippen molar-refractivity contribution in [3.05, 3.63) is 106 Å². The Kier molecular flexibility index (Phi) is 7.73. The van der Waals surface area contributed by atoms with Crippen LogP contribution in [0, 0.1) is 12.7 Å². The van der Waals surface area contributed by atoms with Gasteiger partial charge in [0.1, 0.15) is 18.6 Å². The number of aliphatic hydroxyl groups is 2. The van der Waals surface area contributed by atoms with E-state index in [0.717, 1.165) is 28.7 Å². The van der Waals surface area contributed by atoms with Crippen LogP contribution in [0.2, 0.25) is 0 Å². The van der Waals surface area contributed by atoms with Gasteiger partial charge in [-0.15, -0.1) is 0 Å². The Morgan fingerprint density at radius 3 is 2.35 bits per heavy atom. The number of benzene rings is 3. The molecule has 0 spiro atoms. The SMILES string of the molecule is CO/N=C(\c1ccc(F)cc1)c1ccc(Cc2cc(C3CC(O)CC(CO)O3)ccc2C)cc1. The summed E-state index contributed by atoms with van der Waals surface area (Å²) in [6.07, 6.45) is 0.688. The predicted octanol–water partition coefficient (Wildman–Crippen LogP) is 4.70. The maximum Gasteiger partial charge on any atom is 0.123 e. The lowest BCUT2D eigenvalue weighted by atomic mass is 9.92. The highest BCUT2D eigenvalue weighted by atomic mass is 19.1. The van der Waals surface area contributed by atoms with Gasteiger partial charge < -0.3 is 19.8 Å². The predicted molar refractivity (Wildman–Crippen MR) is 129 cm³/mol. The molecule has 3 unspecified atom stereocenters. The molecule has 6 heteroatoms. The van der Waals surface area contributed by atoms with Gasteiger partial charge in [0.15, 0.2) is 0 Å². The number of aliphatic hydroxyl groups excluding tert-OH is 2. The van der Waals surface area contributed by atoms with E-state index in [9.17, 15) is 14.6 Å². The van der Waals surface area contributed by atoms with Crippen molar-refractivity contribution in [1.82, 2.24) is 0 Å². The molecule has 0 aromatic heterocycles. The Morgan fingerprint density at radius 2 is 1.71 bits per heavy atom. The minimum Gasteiger partial charge on any atom is -0.399 e.